The molecule has 1 fully saturated rings. The molecule has 0 atom stereocenters. The molecule has 0 aromatic heterocycles. The molecule has 3 aromatic carbocycles. The normalized spacial score (nSPS) is 25.5. The quantitative estimate of drug-likeness (QED) is 0.292. The number of hydrogen-bond acceptors (Lipinski definition) is 1. The van der Waals surface area contributed by atoms with Crippen LogP contribution in [0.4, 0.5) is 0 Å². The second-order valence-electron chi connectivity index (χ2n) is 11.4. The van der Waals surface area contributed by atoms with Crippen molar-refractivity contribution in [3.8, 4) is 23.0 Å². The van der Waals surface area contributed by atoms with Crippen molar-refractivity contribution in [3.05, 3.63) is 93.5 Å². The van der Waals surface area contributed by atoms with Gasteiger partial charge in [0.25, 0.3) is 0 Å². The summed E-state index contributed by atoms with van der Waals surface area (Å²) in [6, 6.07) is 19.6. The number of aldehydes is 1. The zero-order valence-electron chi connectivity index (χ0n) is 20.0. The molecule has 0 saturated heterocycles. The molecule has 0 heterocycles. The van der Waals surface area contributed by atoms with Crippen molar-refractivity contribution in [2.24, 2.45) is 0 Å². The average molecular weight is 431 g/mol. The van der Waals surface area contributed by atoms with Crippen LogP contribution in [-0.4, -0.2) is 6.29 Å². The Kier molecular flexibility index (Phi) is 4.16. The fourth-order valence-corrected chi connectivity index (χ4v) is 6.63. The Morgan fingerprint density at radius 3 is 2.03 bits per heavy atom. The average Bonchev–Trinajstić information content (AvgIpc) is 3.05. The van der Waals surface area contributed by atoms with E-state index in [0.717, 1.165) is 23.0 Å². The van der Waals surface area contributed by atoms with E-state index >= 15 is 0 Å². The molecule has 4 aliphatic carbocycles. The minimum absolute atomic E-state index is 0.0351. The van der Waals surface area contributed by atoms with Crippen LogP contribution in [-0.2, 0) is 16.2 Å². The predicted molar refractivity (Wildman–Crippen MR) is 135 cm³/mol. The summed E-state index contributed by atoms with van der Waals surface area (Å²) in [6.45, 7) is 9.34. The number of fused-ring (bicyclic) bond motifs is 5. The van der Waals surface area contributed by atoms with Gasteiger partial charge in [-0.1, -0.05) is 69.9 Å². The summed E-state index contributed by atoms with van der Waals surface area (Å²) in [5.41, 5.74) is 11.1. The van der Waals surface area contributed by atoms with Crippen LogP contribution in [0.3, 0.4) is 0 Å². The van der Waals surface area contributed by atoms with E-state index in [4.69, 9.17) is 0 Å². The predicted octanol–water partition coefficient (Wildman–Crippen LogP) is 7.31. The van der Waals surface area contributed by atoms with Crippen molar-refractivity contribution >= 4 is 6.29 Å². The maximum atomic E-state index is 12.0. The van der Waals surface area contributed by atoms with Gasteiger partial charge in [0.1, 0.15) is 0 Å². The van der Waals surface area contributed by atoms with Crippen LogP contribution >= 0.6 is 0 Å². The van der Waals surface area contributed by atoms with E-state index in [1.807, 2.05) is 0 Å². The van der Waals surface area contributed by atoms with Gasteiger partial charge < -0.3 is 0 Å². The molecule has 0 radical (unpaired) electrons. The van der Waals surface area contributed by atoms with Crippen LogP contribution < -0.4 is 0 Å². The first-order valence-corrected chi connectivity index (χ1v) is 12.2. The minimum Gasteiger partial charge on any atom is -0.298 e. The van der Waals surface area contributed by atoms with Crippen LogP contribution in [0.1, 0.15) is 97.1 Å². The first-order valence-electron chi connectivity index (χ1n) is 12.2. The smallest absolute Gasteiger partial charge is 0.151 e. The van der Waals surface area contributed by atoms with Crippen LogP contribution in [0, 0.1) is 11.8 Å². The highest BCUT2D eigenvalue weighted by Crippen LogP contribution is 2.56. The molecule has 4 aliphatic rings. The number of carbonyl (C=O) groups excluding carboxylic acids is 1. The van der Waals surface area contributed by atoms with Gasteiger partial charge in [-0.15, -0.1) is 0 Å². The third-order valence-electron chi connectivity index (χ3n) is 9.00. The van der Waals surface area contributed by atoms with E-state index in [1.165, 1.54) is 59.1 Å². The van der Waals surface area contributed by atoms with E-state index in [0.29, 0.717) is 0 Å². The number of carbonyl (C=O) groups is 1. The summed E-state index contributed by atoms with van der Waals surface area (Å²) in [5, 5.41) is 0. The Morgan fingerprint density at radius 1 is 0.697 bits per heavy atom. The van der Waals surface area contributed by atoms with Gasteiger partial charge >= 0.3 is 0 Å². The fraction of sp³-hybridized carbons (Fsp3) is 0.344. The van der Waals surface area contributed by atoms with Crippen molar-refractivity contribution in [2.45, 2.75) is 69.6 Å². The molecular formula is C32H30O. The van der Waals surface area contributed by atoms with Gasteiger partial charge in [-0.3, -0.25) is 4.79 Å². The molecule has 1 nitrogen and oxygen atoms in total. The molecule has 0 unspecified atom stereocenters. The lowest BCUT2D eigenvalue weighted by molar-refractivity contribution is 0.112. The Bertz CT molecular complexity index is 1380. The van der Waals surface area contributed by atoms with Gasteiger partial charge in [0.15, 0.2) is 6.29 Å². The third-order valence-corrected chi connectivity index (χ3v) is 9.00. The Morgan fingerprint density at radius 2 is 1.33 bits per heavy atom. The summed E-state index contributed by atoms with van der Waals surface area (Å²) in [7, 11) is 0. The maximum Gasteiger partial charge on any atom is 0.151 e. The second-order valence-corrected chi connectivity index (χ2v) is 11.4. The highest BCUT2D eigenvalue weighted by atomic mass is 16.1. The van der Waals surface area contributed by atoms with Crippen molar-refractivity contribution in [2.75, 3.05) is 0 Å². The summed E-state index contributed by atoms with van der Waals surface area (Å²) < 4.78 is 0. The topological polar surface area (TPSA) is 17.1 Å². The summed E-state index contributed by atoms with van der Waals surface area (Å²) >= 11 is 0. The van der Waals surface area contributed by atoms with Gasteiger partial charge in [0.05, 0.1) is 0 Å². The fourth-order valence-electron chi connectivity index (χ4n) is 6.63. The maximum absolute atomic E-state index is 12.0. The molecule has 0 spiro atoms. The molecule has 3 aromatic rings. The number of benzene rings is 3. The van der Waals surface area contributed by atoms with E-state index in [-0.39, 0.29) is 16.2 Å². The second kappa shape index (κ2) is 6.71. The van der Waals surface area contributed by atoms with Gasteiger partial charge in [0, 0.05) is 22.1 Å². The SMILES string of the molecule is CC12CCC(C)(CC1)c1cc(C=O)c(C#Cc3ccc4c(c3)C(C)(C)c3ccccc3-4)cc12. The van der Waals surface area contributed by atoms with E-state index in [1.54, 1.807) is 0 Å². The lowest BCUT2D eigenvalue weighted by Gasteiger charge is -2.52. The highest BCUT2D eigenvalue weighted by Gasteiger charge is 2.47. The molecule has 1 heteroatoms. The third kappa shape index (κ3) is 2.83. The summed E-state index contributed by atoms with van der Waals surface area (Å²) in [6.07, 6.45) is 5.87. The van der Waals surface area contributed by atoms with E-state index in [9.17, 15) is 4.79 Å². The monoisotopic (exact) mass is 430 g/mol. The molecular weight excluding hydrogens is 400 g/mol. The van der Waals surface area contributed by atoms with Gasteiger partial charge in [-0.25, -0.2) is 0 Å². The largest absolute Gasteiger partial charge is 0.298 e. The first-order chi connectivity index (χ1) is 15.7. The molecule has 0 aliphatic heterocycles. The zero-order chi connectivity index (χ0) is 23.0. The number of hydrogen-bond donors (Lipinski definition) is 0. The minimum atomic E-state index is -0.0351. The molecule has 0 N–H and O–H groups in total. The van der Waals surface area contributed by atoms with Crippen molar-refractivity contribution in [3.63, 3.8) is 0 Å². The van der Waals surface area contributed by atoms with Crippen molar-refractivity contribution in [1.82, 2.24) is 0 Å². The molecule has 33 heavy (non-hydrogen) atoms. The molecule has 0 amide bonds. The van der Waals surface area contributed by atoms with Crippen LogP contribution in [0.15, 0.2) is 54.6 Å². The molecule has 7 rings (SSSR count). The Labute approximate surface area is 197 Å². The van der Waals surface area contributed by atoms with Crippen molar-refractivity contribution in [1.29, 1.82) is 0 Å². The lowest BCUT2D eigenvalue weighted by Crippen LogP contribution is -2.44. The summed E-state index contributed by atoms with van der Waals surface area (Å²) in [4.78, 5) is 12.0. The van der Waals surface area contributed by atoms with E-state index in [2.05, 4.69) is 94.1 Å². The van der Waals surface area contributed by atoms with Crippen LogP contribution in [0.5, 0.6) is 0 Å². The van der Waals surface area contributed by atoms with Crippen LogP contribution in [0.2, 0.25) is 0 Å². The molecule has 164 valence electrons. The highest BCUT2D eigenvalue weighted by molar-refractivity contribution is 5.82. The van der Waals surface area contributed by atoms with Gasteiger partial charge in [-0.2, -0.15) is 0 Å². The molecule has 2 bridgehead atoms. The Balaban J connectivity index is 1.44. The lowest BCUT2D eigenvalue weighted by atomic mass is 9.52. The Hall–Kier alpha value is -3.11. The van der Waals surface area contributed by atoms with E-state index < -0.39 is 0 Å². The number of rotatable bonds is 1. The van der Waals surface area contributed by atoms with Gasteiger partial charge in [0.2, 0.25) is 0 Å². The summed E-state index contributed by atoms with van der Waals surface area (Å²) in [5.74, 6) is 6.77. The van der Waals surface area contributed by atoms with Crippen molar-refractivity contribution < 1.29 is 4.79 Å². The van der Waals surface area contributed by atoms with Gasteiger partial charge in [-0.05, 0) is 94.2 Å². The standard InChI is InChI=1S/C32H30O/c1-30(2)26-8-6-5-7-24(26)25-12-10-21(17-27(25)30)9-11-22-18-28-29(19-23(22)20-33)32(4)15-13-31(28,3)14-16-32/h5-8,10,12,17-20H,13-16H2,1-4H3. The first kappa shape index (κ1) is 20.5. The van der Waals surface area contributed by atoms with Crippen LogP contribution in [0.25, 0.3) is 11.1 Å². The molecule has 1 saturated carbocycles. The zero-order valence-corrected chi connectivity index (χ0v) is 20.0.